The Hall–Kier alpha value is -3.02. The maximum Gasteiger partial charge on any atom is 0.231 e. The zero-order chi connectivity index (χ0) is 15.8. The van der Waals surface area contributed by atoms with E-state index in [0.717, 1.165) is 22.2 Å². The fourth-order valence-corrected chi connectivity index (χ4v) is 2.54. The number of hydrogen-bond acceptors (Lipinski definition) is 4. The van der Waals surface area contributed by atoms with E-state index in [4.69, 9.17) is 4.52 Å². The Bertz CT molecular complexity index is 989. The van der Waals surface area contributed by atoms with Gasteiger partial charge in [0, 0.05) is 12.6 Å². The molecule has 0 amide bonds. The molecular weight excluding hydrogens is 295 g/mol. The number of aromatic nitrogens is 4. The van der Waals surface area contributed by atoms with Crippen molar-refractivity contribution in [1.29, 1.82) is 0 Å². The number of benzene rings is 2. The van der Waals surface area contributed by atoms with Gasteiger partial charge in [-0.1, -0.05) is 17.3 Å². The Kier molecular flexibility index (Phi) is 3.15. The van der Waals surface area contributed by atoms with Crippen LogP contribution >= 0.6 is 0 Å². The summed E-state index contributed by atoms with van der Waals surface area (Å²) in [6.07, 6.45) is 2.16. The number of fused-ring (bicyclic) bond motifs is 1. The molecule has 114 valence electrons. The SMILES string of the molecule is Cn1cnc2cc(-c3noc(Cc4cccc(F)c4)n3)ccc21. The first-order chi connectivity index (χ1) is 11.2. The van der Waals surface area contributed by atoms with E-state index >= 15 is 0 Å². The van der Waals surface area contributed by atoms with Gasteiger partial charge < -0.3 is 9.09 Å². The van der Waals surface area contributed by atoms with Gasteiger partial charge in [-0.3, -0.25) is 0 Å². The van der Waals surface area contributed by atoms with Crippen molar-refractivity contribution in [2.45, 2.75) is 6.42 Å². The average Bonchev–Trinajstić information content (AvgIpc) is 3.14. The fraction of sp³-hybridized carbons (Fsp3) is 0.118. The van der Waals surface area contributed by atoms with Crippen LogP contribution < -0.4 is 0 Å². The Labute approximate surface area is 131 Å². The van der Waals surface area contributed by atoms with E-state index < -0.39 is 0 Å². The van der Waals surface area contributed by atoms with Crippen molar-refractivity contribution in [2.24, 2.45) is 7.05 Å². The summed E-state index contributed by atoms with van der Waals surface area (Å²) in [5.41, 5.74) is 3.55. The van der Waals surface area contributed by atoms with Crippen LogP contribution in [0, 0.1) is 5.82 Å². The molecule has 4 aromatic rings. The van der Waals surface area contributed by atoms with Gasteiger partial charge in [0.15, 0.2) is 0 Å². The van der Waals surface area contributed by atoms with E-state index in [9.17, 15) is 4.39 Å². The van der Waals surface area contributed by atoms with E-state index in [2.05, 4.69) is 15.1 Å². The van der Waals surface area contributed by atoms with Crippen LogP contribution in [0.25, 0.3) is 22.4 Å². The number of rotatable bonds is 3. The van der Waals surface area contributed by atoms with Crippen LogP contribution in [0.1, 0.15) is 11.5 Å². The van der Waals surface area contributed by atoms with Gasteiger partial charge in [-0.2, -0.15) is 4.98 Å². The van der Waals surface area contributed by atoms with Gasteiger partial charge in [0.1, 0.15) is 5.82 Å². The van der Waals surface area contributed by atoms with Crippen LogP contribution in [0.3, 0.4) is 0 Å². The molecule has 0 saturated heterocycles. The molecule has 0 fully saturated rings. The lowest BCUT2D eigenvalue weighted by Crippen LogP contribution is -1.89. The van der Waals surface area contributed by atoms with Gasteiger partial charge in [-0.05, 0) is 35.9 Å². The monoisotopic (exact) mass is 308 g/mol. The summed E-state index contributed by atoms with van der Waals surface area (Å²) in [5.74, 6) is 0.679. The highest BCUT2D eigenvalue weighted by Gasteiger charge is 2.11. The van der Waals surface area contributed by atoms with Gasteiger partial charge >= 0.3 is 0 Å². The quantitative estimate of drug-likeness (QED) is 0.582. The molecule has 0 saturated carbocycles. The molecule has 0 radical (unpaired) electrons. The first-order valence-corrected chi connectivity index (χ1v) is 7.17. The van der Waals surface area contributed by atoms with Crippen molar-refractivity contribution < 1.29 is 8.91 Å². The summed E-state index contributed by atoms with van der Waals surface area (Å²) in [4.78, 5) is 8.71. The standard InChI is InChI=1S/C17H13FN4O/c1-22-10-19-14-9-12(5-6-15(14)22)17-20-16(23-21-17)8-11-3-2-4-13(18)7-11/h2-7,9-10H,8H2,1H3. The molecule has 5 nitrogen and oxygen atoms in total. The number of halogens is 1. The highest BCUT2D eigenvalue weighted by Crippen LogP contribution is 2.22. The summed E-state index contributed by atoms with van der Waals surface area (Å²) in [6.45, 7) is 0. The molecular formula is C17H13FN4O. The first kappa shape index (κ1) is 13.6. The molecule has 0 atom stereocenters. The second kappa shape index (κ2) is 5.31. The van der Waals surface area contributed by atoms with E-state index in [1.807, 2.05) is 35.9 Å². The molecule has 2 aromatic heterocycles. The van der Waals surface area contributed by atoms with Crippen molar-refractivity contribution in [3.05, 3.63) is 66.1 Å². The van der Waals surface area contributed by atoms with Crippen LogP contribution in [0.4, 0.5) is 4.39 Å². The second-order valence-corrected chi connectivity index (χ2v) is 5.38. The number of imidazole rings is 1. The van der Waals surface area contributed by atoms with Crippen LogP contribution in [0.5, 0.6) is 0 Å². The minimum absolute atomic E-state index is 0.275. The first-order valence-electron chi connectivity index (χ1n) is 7.17. The molecule has 2 aromatic carbocycles. The summed E-state index contributed by atoms with van der Waals surface area (Å²) >= 11 is 0. The Morgan fingerprint density at radius 2 is 2.09 bits per heavy atom. The molecule has 0 aliphatic heterocycles. The van der Waals surface area contributed by atoms with Crippen molar-refractivity contribution in [3.8, 4) is 11.4 Å². The minimum atomic E-state index is -0.275. The molecule has 0 bridgehead atoms. The van der Waals surface area contributed by atoms with Gasteiger partial charge in [0.05, 0.1) is 23.8 Å². The maximum absolute atomic E-state index is 13.2. The van der Waals surface area contributed by atoms with Crippen molar-refractivity contribution in [3.63, 3.8) is 0 Å². The van der Waals surface area contributed by atoms with E-state index in [0.29, 0.717) is 18.1 Å². The maximum atomic E-state index is 13.2. The predicted octanol–water partition coefficient (Wildman–Crippen LogP) is 3.35. The van der Waals surface area contributed by atoms with Gasteiger partial charge in [-0.25, -0.2) is 9.37 Å². The van der Waals surface area contributed by atoms with Gasteiger partial charge in [0.2, 0.25) is 11.7 Å². The molecule has 0 spiro atoms. The van der Waals surface area contributed by atoms with E-state index in [1.165, 1.54) is 12.1 Å². The second-order valence-electron chi connectivity index (χ2n) is 5.38. The van der Waals surface area contributed by atoms with Crippen molar-refractivity contribution in [2.75, 3.05) is 0 Å². The Morgan fingerprint density at radius 1 is 1.17 bits per heavy atom. The molecule has 0 aliphatic carbocycles. The van der Waals surface area contributed by atoms with Crippen LogP contribution in [0.2, 0.25) is 0 Å². The van der Waals surface area contributed by atoms with Gasteiger partial charge in [0.25, 0.3) is 0 Å². The summed E-state index contributed by atoms with van der Waals surface area (Å²) in [5, 5.41) is 4.00. The fourth-order valence-electron chi connectivity index (χ4n) is 2.54. The zero-order valence-electron chi connectivity index (χ0n) is 12.4. The summed E-state index contributed by atoms with van der Waals surface area (Å²) in [6, 6.07) is 12.2. The number of nitrogens with zero attached hydrogens (tertiary/aromatic N) is 4. The van der Waals surface area contributed by atoms with Crippen LogP contribution in [0.15, 0.2) is 53.3 Å². The highest BCUT2D eigenvalue weighted by molar-refractivity contribution is 5.80. The molecule has 2 heterocycles. The zero-order valence-corrected chi connectivity index (χ0v) is 12.4. The largest absolute Gasteiger partial charge is 0.339 e. The van der Waals surface area contributed by atoms with Crippen LogP contribution in [-0.4, -0.2) is 19.7 Å². The molecule has 23 heavy (non-hydrogen) atoms. The smallest absolute Gasteiger partial charge is 0.231 e. The highest BCUT2D eigenvalue weighted by atomic mass is 19.1. The Balaban J connectivity index is 1.63. The molecule has 0 aliphatic rings. The third-order valence-corrected chi connectivity index (χ3v) is 3.70. The summed E-state index contributed by atoms with van der Waals surface area (Å²) < 4.78 is 20.4. The van der Waals surface area contributed by atoms with Crippen molar-refractivity contribution >= 4 is 11.0 Å². The van der Waals surface area contributed by atoms with Crippen molar-refractivity contribution in [1.82, 2.24) is 19.7 Å². The molecule has 4 rings (SSSR count). The molecule has 0 N–H and O–H groups in total. The molecule has 0 unspecified atom stereocenters. The third-order valence-electron chi connectivity index (χ3n) is 3.70. The number of aryl methyl sites for hydroxylation is 1. The lowest BCUT2D eigenvalue weighted by Gasteiger charge is -1.97. The lowest BCUT2D eigenvalue weighted by atomic mass is 10.1. The summed E-state index contributed by atoms with van der Waals surface area (Å²) in [7, 11) is 1.94. The molecule has 6 heteroatoms. The van der Waals surface area contributed by atoms with Crippen LogP contribution in [-0.2, 0) is 13.5 Å². The van der Waals surface area contributed by atoms with E-state index in [-0.39, 0.29) is 5.82 Å². The van der Waals surface area contributed by atoms with E-state index in [1.54, 1.807) is 12.4 Å². The van der Waals surface area contributed by atoms with Gasteiger partial charge in [-0.15, -0.1) is 0 Å². The minimum Gasteiger partial charge on any atom is -0.339 e. The average molecular weight is 308 g/mol. The predicted molar refractivity (Wildman–Crippen MR) is 83.2 cm³/mol. The Morgan fingerprint density at radius 3 is 2.96 bits per heavy atom. The lowest BCUT2D eigenvalue weighted by molar-refractivity contribution is 0.385. The topological polar surface area (TPSA) is 56.7 Å². The normalized spacial score (nSPS) is 11.2. The number of hydrogen-bond donors (Lipinski definition) is 0. The third kappa shape index (κ3) is 2.59.